The van der Waals surface area contributed by atoms with E-state index >= 15 is 0 Å². The van der Waals surface area contributed by atoms with Gasteiger partial charge < -0.3 is 14.9 Å². The van der Waals surface area contributed by atoms with Gasteiger partial charge in [0.25, 0.3) is 0 Å². The minimum atomic E-state index is -0.869. The Kier molecular flexibility index (Phi) is 8.75. The highest BCUT2D eigenvalue weighted by atomic mass is 32.2. The minimum Gasteiger partial charge on any atom is -0.487 e. The Bertz CT molecular complexity index is 1070. The molecule has 0 bridgehead atoms. The molecular formula is C23H22FNO5S2. The number of nitrogens with zero attached hydrogens (tertiary/aromatic N) is 1. The number of hydrogen-bond acceptors (Lipinski definition) is 6. The summed E-state index contributed by atoms with van der Waals surface area (Å²) < 4.78 is 19.2. The molecule has 0 atom stereocenters. The molecule has 0 saturated carbocycles. The van der Waals surface area contributed by atoms with E-state index in [1.165, 1.54) is 35.7 Å². The summed E-state index contributed by atoms with van der Waals surface area (Å²) in [5.41, 5.74) is 2.14. The van der Waals surface area contributed by atoms with Crippen LogP contribution in [0.1, 0.15) is 28.7 Å². The highest BCUT2D eigenvalue weighted by Crippen LogP contribution is 2.41. The molecule has 0 aliphatic rings. The van der Waals surface area contributed by atoms with Crippen LogP contribution in [0.4, 0.5) is 4.39 Å². The highest BCUT2D eigenvalue weighted by molar-refractivity contribution is 8.16. The maximum absolute atomic E-state index is 13.5. The summed E-state index contributed by atoms with van der Waals surface area (Å²) in [5.74, 6) is -0.627. The van der Waals surface area contributed by atoms with Gasteiger partial charge in [-0.3, -0.25) is 9.59 Å². The fraction of sp³-hybridized carbons (Fsp3) is 0.261. The Morgan fingerprint density at radius 3 is 2.34 bits per heavy atom. The van der Waals surface area contributed by atoms with Crippen molar-refractivity contribution in [2.24, 2.45) is 0 Å². The molecule has 0 fully saturated rings. The van der Waals surface area contributed by atoms with Gasteiger partial charge in [-0.1, -0.05) is 18.2 Å². The molecule has 0 saturated heterocycles. The third-order valence-corrected chi connectivity index (χ3v) is 7.25. The van der Waals surface area contributed by atoms with Crippen LogP contribution in [0.3, 0.4) is 0 Å². The van der Waals surface area contributed by atoms with Crippen LogP contribution >= 0.6 is 23.5 Å². The number of thioether (sulfide) groups is 2. The fourth-order valence-electron chi connectivity index (χ4n) is 2.87. The number of rotatable bonds is 12. The normalized spacial score (nSPS) is 11.1. The summed E-state index contributed by atoms with van der Waals surface area (Å²) in [6.45, 7) is 0.207. The maximum atomic E-state index is 13.5. The molecule has 0 radical (unpaired) electrons. The number of carbonyl (C=O) groups is 2. The molecule has 2 N–H and O–H groups in total. The van der Waals surface area contributed by atoms with E-state index in [4.69, 9.17) is 14.9 Å². The van der Waals surface area contributed by atoms with Crippen LogP contribution < -0.4 is 4.74 Å². The second-order valence-corrected chi connectivity index (χ2v) is 9.59. The predicted molar refractivity (Wildman–Crippen MR) is 125 cm³/mol. The predicted octanol–water partition coefficient (Wildman–Crippen LogP) is 5.37. The number of fused-ring (bicyclic) bond motifs is 1. The number of hydrogen-bond donors (Lipinski definition) is 2. The Hall–Kier alpha value is -2.78. The lowest BCUT2D eigenvalue weighted by Crippen LogP contribution is -2.02. The molecule has 3 rings (SSSR count). The Labute approximate surface area is 193 Å². The van der Waals surface area contributed by atoms with E-state index in [0.717, 1.165) is 10.9 Å². The molecular weight excluding hydrogens is 453 g/mol. The van der Waals surface area contributed by atoms with Crippen molar-refractivity contribution in [3.8, 4) is 5.75 Å². The quantitative estimate of drug-likeness (QED) is 0.338. The van der Waals surface area contributed by atoms with Gasteiger partial charge in [0, 0.05) is 23.0 Å². The first kappa shape index (κ1) is 23.9. The highest BCUT2D eigenvalue weighted by Gasteiger charge is 2.15. The zero-order valence-corrected chi connectivity index (χ0v) is 18.7. The van der Waals surface area contributed by atoms with E-state index in [2.05, 4.69) is 4.98 Å². The fourth-order valence-corrected chi connectivity index (χ4v) is 5.52. The third kappa shape index (κ3) is 7.42. The van der Waals surface area contributed by atoms with Crippen molar-refractivity contribution in [2.45, 2.75) is 24.0 Å². The molecule has 0 aliphatic heterocycles. The summed E-state index contributed by atoms with van der Waals surface area (Å²) in [4.78, 5) is 26.1. The first-order valence-electron chi connectivity index (χ1n) is 9.85. The van der Waals surface area contributed by atoms with Gasteiger partial charge in [-0.15, -0.1) is 23.5 Å². The second-order valence-electron chi connectivity index (χ2n) is 6.86. The second kappa shape index (κ2) is 11.7. The van der Waals surface area contributed by atoms with Crippen molar-refractivity contribution in [3.05, 3.63) is 71.7 Å². The van der Waals surface area contributed by atoms with E-state index in [-0.39, 0.29) is 29.8 Å². The zero-order valence-electron chi connectivity index (χ0n) is 17.1. The average molecular weight is 476 g/mol. The molecule has 32 heavy (non-hydrogen) atoms. The summed E-state index contributed by atoms with van der Waals surface area (Å²) in [6, 6.07) is 15.6. The van der Waals surface area contributed by atoms with Gasteiger partial charge in [0.1, 0.15) is 18.2 Å². The van der Waals surface area contributed by atoms with E-state index in [1.54, 1.807) is 6.07 Å². The molecule has 0 amide bonds. The molecule has 0 aliphatic carbocycles. The monoisotopic (exact) mass is 475 g/mol. The lowest BCUT2D eigenvalue weighted by Gasteiger charge is -2.17. The summed E-state index contributed by atoms with van der Waals surface area (Å²) in [6.07, 6.45) is 0.0656. The maximum Gasteiger partial charge on any atom is 0.304 e. The first-order valence-corrected chi connectivity index (χ1v) is 12.0. The van der Waals surface area contributed by atoms with Crippen molar-refractivity contribution < 1.29 is 28.9 Å². The van der Waals surface area contributed by atoms with Crippen molar-refractivity contribution in [1.82, 2.24) is 4.98 Å². The molecule has 168 valence electrons. The Morgan fingerprint density at radius 1 is 0.969 bits per heavy atom. The smallest absolute Gasteiger partial charge is 0.304 e. The third-order valence-electron chi connectivity index (χ3n) is 4.40. The van der Waals surface area contributed by atoms with Crippen molar-refractivity contribution >= 4 is 46.4 Å². The summed E-state index contributed by atoms with van der Waals surface area (Å²) in [5, 5.41) is 18.7. The molecule has 1 heterocycles. The molecule has 0 spiro atoms. The summed E-state index contributed by atoms with van der Waals surface area (Å²) >= 11 is 2.93. The SMILES string of the molecule is O=C(O)CCSC(SCCC(=O)O)c1cccc(OCc2ccc3ccc(F)cc3n2)c1. The molecule has 2 aromatic carbocycles. The van der Waals surface area contributed by atoms with Gasteiger partial charge in [-0.2, -0.15) is 0 Å². The number of ether oxygens (including phenoxy) is 1. The number of benzene rings is 2. The van der Waals surface area contributed by atoms with Crippen LogP contribution in [0.5, 0.6) is 5.75 Å². The van der Waals surface area contributed by atoms with Gasteiger partial charge in [0.2, 0.25) is 0 Å². The Balaban J connectivity index is 1.67. The molecule has 6 nitrogen and oxygen atoms in total. The van der Waals surface area contributed by atoms with Crippen molar-refractivity contribution in [3.63, 3.8) is 0 Å². The van der Waals surface area contributed by atoms with E-state index in [0.29, 0.717) is 28.5 Å². The van der Waals surface area contributed by atoms with Crippen LogP contribution in [0.15, 0.2) is 54.6 Å². The standard InChI is InChI=1S/C23H22FNO5S2/c24-17-6-4-15-5-7-18(25-20(15)13-17)14-30-19-3-1-2-16(12-19)23(31-10-8-21(26)27)32-11-9-22(28)29/h1-7,12-13,23H,8-11,14H2,(H,26,27)(H,28,29). The van der Waals surface area contributed by atoms with Crippen LogP contribution in [0, 0.1) is 5.82 Å². The largest absolute Gasteiger partial charge is 0.487 e. The molecule has 1 aromatic heterocycles. The average Bonchev–Trinajstić information content (AvgIpc) is 2.76. The lowest BCUT2D eigenvalue weighted by molar-refractivity contribution is -0.137. The van der Waals surface area contributed by atoms with Gasteiger partial charge in [-0.25, -0.2) is 9.37 Å². The van der Waals surface area contributed by atoms with Gasteiger partial charge in [-0.05, 0) is 35.9 Å². The van der Waals surface area contributed by atoms with Crippen LogP contribution in [0.2, 0.25) is 0 Å². The number of halogens is 1. The zero-order chi connectivity index (χ0) is 22.9. The Morgan fingerprint density at radius 2 is 1.66 bits per heavy atom. The van der Waals surface area contributed by atoms with Crippen LogP contribution in [-0.2, 0) is 16.2 Å². The summed E-state index contributed by atoms with van der Waals surface area (Å²) in [7, 11) is 0. The number of aromatic nitrogens is 1. The van der Waals surface area contributed by atoms with Crippen molar-refractivity contribution in [1.29, 1.82) is 0 Å². The first-order chi connectivity index (χ1) is 15.4. The molecule has 3 aromatic rings. The number of carboxylic acid groups (broad SMARTS) is 2. The van der Waals surface area contributed by atoms with Gasteiger partial charge in [0.15, 0.2) is 0 Å². The van der Waals surface area contributed by atoms with Crippen LogP contribution in [0.25, 0.3) is 10.9 Å². The van der Waals surface area contributed by atoms with Crippen LogP contribution in [-0.4, -0.2) is 38.6 Å². The minimum absolute atomic E-state index is 0.0328. The van der Waals surface area contributed by atoms with E-state index < -0.39 is 11.9 Å². The van der Waals surface area contributed by atoms with Gasteiger partial charge >= 0.3 is 11.9 Å². The number of pyridine rings is 1. The molecule has 9 heteroatoms. The van der Waals surface area contributed by atoms with E-state index in [9.17, 15) is 14.0 Å². The lowest BCUT2D eigenvalue weighted by atomic mass is 10.2. The topological polar surface area (TPSA) is 96.7 Å². The number of carboxylic acids is 2. The van der Waals surface area contributed by atoms with Gasteiger partial charge in [0.05, 0.1) is 28.6 Å². The molecule has 0 unspecified atom stereocenters. The number of aliphatic carboxylic acids is 2. The van der Waals surface area contributed by atoms with E-state index in [1.807, 2.05) is 36.4 Å². The van der Waals surface area contributed by atoms with Crippen molar-refractivity contribution in [2.75, 3.05) is 11.5 Å².